The van der Waals surface area contributed by atoms with E-state index in [1.807, 2.05) is 6.07 Å². The largest absolute Gasteiger partial charge is 0.349 e. The molecule has 0 saturated heterocycles. The monoisotopic (exact) mass is 376 g/mol. The average Bonchev–Trinajstić information content (AvgIpc) is 3.01. The maximum atomic E-state index is 12.4. The van der Waals surface area contributed by atoms with Gasteiger partial charge in [0.2, 0.25) is 10.0 Å². The summed E-state index contributed by atoms with van der Waals surface area (Å²) in [5, 5.41) is 8.01. The van der Waals surface area contributed by atoms with E-state index in [0.29, 0.717) is 6.54 Å². The van der Waals surface area contributed by atoms with E-state index in [1.54, 1.807) is 7.05 Å². The van der Waals surface area contributed by atoms with Gasteiger partial charge in [0, 0.05) is 38.9 Å². The van der Waals surface area contributed by atoms with Crippen LogP contribution in [0.3, 0.4) is 0 Å². The van der Waals surface area contributed by atoms with E-state index in [2.05, 4.69) is 35.3 Å². The van der Waals surface area contributed by atoms with Crippen LogP contribution in [0.5, 0.6) is 0 Å². The Kier molecular flexibility index (Phi) is 5.17. The lowest BCUT2D eigenvalue weighted by molar-refractivity contribution is 0.0924. The van der Waals surface area contributed by atoms with Crippen LogP contribution in [0.2, 0.25) is 0 Å². The van der Waals surface area contributed by atoms with Gasteiger partial charge in [-0.2, -0.15) is 0 Å². The minimum absolute atomic E-state index is 0.0640. The van der Waals surface area contributed by atoms with Gasteiger partial charge in [0.1, 0.15) is 10.6 Å². The number of carbonyl (C=O) groups excluding carboxylic acids is 1. The van der Waals surface area contributed by atoms with Crippen molar-refractivity contribution in [3.05, 3.63) is 53.3 Å². The summed E-state index contributed by atoms with van der Waals surface area (Å²) in [5.41, 5.74) is 2.99. The molecule has 3 rings (SSSR count). The van der Waals surface area contributed by atoms with Crippen LogP contribution >= 0.6 is 0 Å². The summed E-state index contributed by atoms with van der Waals surface area (Å²) in [7, 11) is -2.20. The lowest BCUT2D eigenvalue weighted by Gasteiger charge is -2.33. The van der Waals surface area contributed by atoms with Gasteiger partial charge in [0.05, 0.1) is 0 Å². The van der Waals surface area contributed by atoms with Crippen molar-refractivity contribution in [3.63, 3.8) is 0 Å². The van der Waals surface area contributed by atoms with Crippen molar-refractivity contribution in [2.75, 3.05) is 13.1 Å². The Morgan fingerprint density at radius 2 is 2.00 bits per heavy atom. The van der Waals surface area contributed by atoms with Crippen LogP contribution in [0.1, 0.15) is 28.5 Å². The molecular weight excluding hydrogens is 352 g/mol. The van der Waals surface area contributed by atoms with Gasteiger partial charge in [0.25, 0.3) is 5.91 Å². The van der Waals surface area contributed by atoms with Crippen LogP contribution in [-0.4, -0.2) is 42.9 Å². The lowest BCUT2D eigenvalue weighted by Crippen LogP contribution is -2.44. The van der Waals surface area contributed by atoms with Crippen LogP contribution < -0.4 is 10.5 Å². The number of rotatable bonds is 5. The third kappa shape index (κ3) is 3.98. The number of carbonyl (C=O) groups is 1. The molecule has 1 aromatic carbocycles. The first-order valence-electron chi connectivity index (χ1n) is 8.54. The standard InChI is InChI=1S/C18H24N4O3S/c1-13(22-8-7-14-5-3-4-6-15(14)11-22)10-20-18(23)17-9-16(12-21(17)2)26(19,24)25/h3-6,9,12-13H,7-8,10-11H2,1-2H3,(H,20,23)(H2,19,24,25). The molecule has 0 fully saturated rings. The molecule has 0 aliphatic carbocycles. The predicted molar refractivity (Wildman–Crippen MR) is 99.1 cm³/mol. The number of fused-ring (bicyclic) bond motifs is 1. The van der Waals surface area contributed by atoms with Gasteiger partial charge >= 0.3 is 0 Å². The summed E-state index contributed by atoms with van der Waals surface area (Å²) >= 11 is 0. The highest BCUT2D eigenvalue weighted by atomic mass is 32.2. The van der Waals surface area contributed by atoms with Crippen LogP contribution in [-0.2, 0) is 30.0 Å². The summed E-state index contributed by atoms with van der Waals surface area (Å²) in [6.07, 6.45) is 2.35. The first kappa shape index (κ1) is 18.6. The average molecular weight is 376 g/mol. The molecule has 0 spiro atoms. The van der Waals surface area contributed by atoms with Crippen LogP contribution in [0.4, 0.5) is 0 Å². The zero-order chi connectivity index (χ0) is 18.9. The number of aryl methyl sites for hydroxylation is 1. The summed E-state index contributed by atoms with van der Waals surface area (Å²) in [6.45, 7) is 4.38. The highest BCUT2D eigenvalue weighted by Crippen LogP contribution is 2.20. The summed E-state index contributed by atoms with van der Waals surface area (Å²) in [4.78, 5) is 14.7. The molecule has 1 unspecified atom stereocenters. The maximum absolute atomic E-state index is 12.4. The van der Waals surface area contributed by atoms with Crippen molar-refractivity contribution in [2.45, 2.75) is 30.8 Å². The molecule has 2 aromatic rings. The molecule has 0 saturated carbocycles. The number of sulfonamides is 1. The first-order chi connectivity index (χ1) is 12.3. The molecule has 7 nitrogen and oxygen atoms in total. The summed E-state index contributed by atoms with van der Waals surface area (Å²) in [6, 6.07) is 9.89. The molecule has 8 heteroatoms. The van der Waals surface area contributed by atoms with Gasteiger partial charge in [-0.25, -0.2) is 13.6 Å². The fourth-order valence-electron chi connectivity index (χ4n) is 3.27. The normalized spacial score (nSPS) is 16.1. The quantitative estimate of drug-likeness (QED) is 0.808. The molecule has 1 atom stereocenters. The van der Waals surface area contributed by atoms with Gasteiger partial charge in [-0.3, -0.25) is 9.69 Å². The Morgan fingerprint density at radius 1 is 1.31 bits per heavy atom. The van der Waals surface area contributed by atoms with Crippen LogP contribution in [0.25, 0.3) is 0 Å². The van der Waals surface area contributed by atoms with Crippen molar-refractivity contribution in [1.82, 2.24) is 14.8 Å². The Hall–Kier alpha value is -2.16. The third-order valence-electron chi connectivity index (χ3n) is 4.88. The zero-order valence-corrected chi connectivity index (χ0v) is 15.8. The Labute approximate surface area is 153 Å². The van der Waals surface area contributed by atoms with E-state index in [0.717, 1.165) is 19.5 Å². The van der Waals surface area contributed by atoms with E-state index in [-0.39, 0.29) is 22.5 Å². The van der Waals surface area contributed by atoms with Crippen LogP contribution in [0.15, 0.2) is 41.4 Å². The molecule has 1 amide bonds. The minimum Gasteiger partial charge on any atom is -0.349 e. The molecule has 1 aromatic heterocycles. The number of nitrogens with zero attached hydrogens (tertiary/aromatic N) is 2. The van der Waals surface area contributed by atoms with Gasteiger partial charge in [-0.15, -0.1) is 0 Å². The molecule has 0 radical (unpaired) electrons. The Balaban J connectivity index is 1.61. The summed E-state index contributed by atoms with van der Waals surface area (Å²) in [5.74, 6) is -0.313. The molecule has 1 aliphatic rings. The van der Waals surface area contributed by atoms with E-state index < -0.39 is 10.0 Å². The van der Waals surface area contributed by atoms with E-state index in [1.165, 1.54) is 28.0 Å². The van der Waals surface area contributed by atoms with E-state index in [9.17, 15) is 13.2 Å². The fraction of sp³-hybridized carbons (Fsp3) is 0.389. The molecule has 26 heavy (non-hydrogen) atoms. The lowest BCUT2D eigenvalue weighted by atomic mass is 9.99. The van der Waals surface area contributed by atoms with Crippen molar-refractivity contribution in [3.8, 4) is 0 Å². The Bertz CT molecular complexity index is 920. The van der Waals surface area contributed by atoms with E-state index >= 15 is 0 Å². The molecule has 0 bridgehead atoms. The van der Waals surface area contributed by atoms with E-state index in [4.69, 9.17) is 5.14 Å². The maximum Gasteiger partial charge on any atom is 0.267 e. The number of primary sulfonamides is 1. The number of aromatic nitrogens is 1. The molecule has 1 aliphatic heterocycles. The van der Waals surface area contributed by atoms with Gasteiger partial charge in [-0.05, 0) is 30.5 Å². The number of hydrogen-bond acceptors (Lipinski definition) is 4. The SMILES string of the molecule is CC(CNC(=O)c1cc(S(N)(=O)=O)cn1C)N1CCc2ccccc2C1. The highest BCUT2D eigenvalue weighted by molar-refractivity contribution is 7.89. The fourth-order valence-corrected chi connectivity index (χ4v) is 3.85. The second-order valence-electron chi connectivity index (χ2n) is 6.77. The number of amides is 1. The molecular formula is C18H24N4O3S. The number of benzene rings is 1. The van der Waals surface area contributed by atoms with Crippen molar-refractivity contribution < 1.29 is 13.2 Å². The number of hydrogen-bond donors (Lipinski definition) is 2. The zero-order valence-electron chi connectivity index (χ0n) is 15.0. The number of nitrogens with one attached hydrogen (secondary N) is 1. The van der Waals surface area contributed by atoms with Gasteiger partial charge in [-0.1, -0.05) is 24.3 Å². The van der Waals surface area contributed by atoms with Crippen molar-refractivity contribution in [1.29, 1.82) is 0 Å². The predicted octanol–water partition coefficient (Wildman–Crippen LogP) is 0.849. The topological polar surface area (TPSA) is 97.4 Å². The van der Waals surface area contributed by atoms with Crippen molar-refractivity contribution in [2.24, 2.45) is 12.2 Å². The third-order valence-corrected chi connectivity index (χ3v) is 5.76. The summed E-state index contributed by atoms with van der Waals surface area (Å²) < 4.78 is 24.3. The van der Waals surface area contributed by atoms with Gasteiger partial charge < -0.3 is 9.88 Å². The van der Waals surface area contributed by atoms with Gasteiger partial charge in [0.15, 0.2) is 0 Å². The van der Waals surface area contributed by atoms with Crippen molar-refractivity contribution >= 4 is 15.9 Å². The number of nitrogens with two attached hydrogens (primary N) is 1. The Morgan fingerprint density at radius 3 is 2.65 bits per heavy atom. The molecule has 140 valence electrons. The smallest absolute Gasteiger partial charge is 0.267 e. The second-order valence-corrected chi connectivity index (χ2v) is 8.33. The first-order valence-corrected chi connectivity index (χ1v) is 10.1. The minimum atomic E-state index is -3.82. The highest BCUT2D eigenvalue weighted by Gasteiger charge is 2.22. The second kappa shape index (κ2) is 7.22. The molecule has 2 heterocycles. The molecule has 3 N–H and O–H groups in total. The van der Waals surface area contributed by atoms with Crippen LogP contribution in [0, 0.1) is 0 Å².